The van der Waals surface area contributed by atoms with Gasteiger partial charge in [-0.15, -0.1) is 0 Å². The summed E-state index contributed by atoms with van der Waals surface area (Å²) in [7, 11) is 0. The van der Waals surface area contributed by atoms with Crippen molar-refractivity contribution >= 4 is 15.9 Å². The van der Waals surface area contributed by atoms with Gasteiger partial charge in [0.05, 0.1) is 6.61 Å². The highest BCUT2D eigenvalue weighted by Crippen LogP contribution is 2.34. The van der Waals surface area contributed by atoms with E-state index in [9.17, 15) is 4.39 Å². The van der Waals surface area contributed by atoms with Crippen LogP contribution in [0.4, 0.5) is 4.39 Å². The summed E-state index contributed by atoms with van der Waals surface area (Å²) in [5, 5.41) is 0. The lowest BCUT2D eigenvalue weighted by Crippen LogP contribution is -2.09. The molecule has 14 heavy (non-hydrogen) atoms. The van der Waals surface area contributed by atoms with Crippen molar-refractivity contribution in [3.63, 3.8) is 0 Å². The molecular formula is C10H11BrFNO. The summed E-state index contributed by atoms with van der Waals surface area (Å²) in [6.45, 7) is 0.541. The van der Waals surface area contributed by atoms with Gasteiger partial charge in [0, 0.05) is 16.1 Å². The average molecular weight is 260 g/mol. The zero-order valence-electron chi connectivity index (χ0n) is 7.59. The van der Waals surface area contributed by atoms with Crippen molar-refractivity contribution in [2.24, 2.45) is 5.73 Å². The molecular weight excluding hydrogens is 249 g/mol. The zero-order chi connectivity index (χ0) is 10.1. The Hall–Kier alpha value is -0.610. The van der Waals surface area contributed by atoms with Crippen molar-refractivity contribution < 1.29 is 9.13 Å². The Labute approximate surface area is 90.4 Å². The number of hydrogen-bond donors (Lipinski definition) is 1. The molecule has 0 aliphatic carbocycles. The Bertz CT molecular complexity index is 356. The predicted molar refractivity (Wildman–Crippen MR) is 55.8 cm³/mol. The van der Waals surface area contributed by atoms with E-state index < -0.39 is 0 Å². The number of halogens is 2. The van der Waals surface area contributed by atoms with E-state index in [0.29, 0.717) is 16.8 Å². The molecule has 1 aliphatic heterocycles. The maximum Gasteiger partial charge on any atom is 0.166 e. The first-order chi connectivity index (χ1) is 6.68. The molecule has 0 unspecified atom stereocenters. The van der Waals surface area contributed by atoms with E-state index in [-0.39, 0.29) is 11.9 Å². The first kappa shape index (κ1) is 9.93. The minimum absolute atomic E-state index is 0.125. The Kier molecular flexibility index (Phi) is 2.74. The molecule has 0 saturated heterocycles. The molecule has 0 radical (unpaired) electrons. The second-order valence-electron chi connectivity index (χ2n) is 3.40. The summed E-state index contributed by atoms with van der Waals surface area (Å²) < 4.78 is 19.5. The molecule has 1 aromatic rings. The zero-order valence-corrected chi connectivity index (χ0v) is 9.18. The molecule has 0 spiro atoms. The van der Waals surface area contributed by atoms with Crippen LogP contribution in [-0.2, 0) is 0 Å². The van der Waals surface area contributed by atoms with E-state index in [2.05, 4.69) is 15.9 Å². The molecule has 0 amide bonds. The average Bonchev–Trinajstić information content (AvgIpc) is 2.29. The number of nitrogens with two attached hydrogens (primary N) is 1. The Morgan fingerprint density at radius 2 is 2.29 bits per heavy atom. The van der Waals surface area contributed by atoms with Crippen molar-refractivity contribution in [2.75, 3.05) is 6.61 Å². The van der Waals surface area contributed by atoms with Gasteiger partial charge >= 0.3 is 0 Å². The summed E-state index contributed by atoms with van der Waals surface area (Å²) in [5.41, 5.74) is 6.68. The topological polar surface area (TPSA) is 35.2 Å². The van der Waals surface area contributed by atoms with Gasteiger partial charge in [0.1, 0.15) is 0 Å². The van der Waals surface area contributed by atoms with Gasteiger partial charge in [0.15, 0.2) is 11.6 Å². The lowest BCUT2D eigenvalue weighted by Gasteiger charge is -2.12. The Morgan fingerprint density at radius 1 is 1.50 bits per heavy atom. The van der Waals surface area contributed by atoms with E-state index in [4.69, 9.17) is 10.5 Å². The van der Waals surface area contributed by atoms with Crippen LogP contribution in [0.3, 0.4) is 0 Å². The van der Waals surface area contributed by atoms with Crippen LogP contribution in [0.2, 0.25) is 0 Å². The third-order valence-corrected chi connectivity index (χ3v) is 2.80. The van der Waals surface area contributed by atoms with Gasteiger partial charge in [-0.3, -0.25) is 0 Å². The van der Waals surface area contributed by atoms with Crippen LogP contribution in [-0.4, -0.2) is 6.61 Å². The van der Waals surface area contributed by atoms with Gasteiger partial charge in [0.2, 0.25) is 0 Å². The second kappa shape index (κ2) is 3.87. The smallest absolute Gasteiger partial charge is 0.166 e. The van der Waals surface area contributed by atoms with E-state index in [1.165, 1.54) is 6.07 Å². The van der Waals surface area contributed by atoms with Crippen LogP contribution in [0.25, 0.3) is 0 Å². The predicted octanol–water partition coefficient (Wildman–Crippen LogP) is 2.76. The van der Waals surface area contributed by atoms with E-state index in [0.717, 1.165) is 18.4 Å². The molecule has 76 valence electrons. The molecule has 2 N–H and O–H groups in total. The van der Waals surface area contributed by atoms with Crippen LogP contribution in [0.15, 0.2) is 16.6 Å². The normalized spacial score (nSPS) is 20.9. The largest absolute Gasteiger partial charge is 0.490 e. The molecule has 0 saturated carbocycles. The summed E-state index contributed by atoms with van der Waals surface area (Å²) in [6.07, 6.45) is 1.70. The van der Waals surface area contributed by atoms with Crippen molar-refractivity contribution in [2.45, 2.75) is 18.9 Å². The standard InChI is InChI=1S/C10H11BrFNO/c11-6-4-7-9(13)2-1-3-14-10(7)8(12)5-6/h4-5,9H,1-3,13H2/t9-/m0/s1. The molecule has 0 aromatic heterocycles. The summed E-state index contributed by atoms with van der Waals surface area (Å²) in [4.78, 5) is 0. The first-order valence-electron chi connectivity index (χ1n) is 4.56. The van der Waals surface area contributed by atoms with Crippen molar-refractivity contribution in [1.29, 1.82) is 0 Å². The van der Waals surface area contributed by atoms with Crippen molar-refractivity contribution in [3.8, 4) is 5.75 Å². The van der Waals surface area contributed by atoms with Crippen LogP contribution >= 0.6 is 15.9 Å². The molecule has 0 bridgehead atoms. The molecule has 1 aromatic carbocycles. The third-order valence-electron chi connectivity index (χ3n) is 2.34. The van der Waals surface area contributed by atoms with Gasteiger partial charge in [0.25, 0.3) is 0 Å². The van der Waals surface area contributed by atoms with Crippen LogP contribution in [0.1, 0.15) is 24.4 Å². The summed E-state index contributed by atoms with van der Waals surface area (Å²) in [6, 6.07) is 3.10. The second-order valence-corrected chi connectivity index (χ2v) is 4.32. The highest BCUT2D eigenvalue weighted by molar-refractivity contribution is 9.10. The maximum atomic E-state index is 13.5. The van der Waals surface area contributed by atoms with E-state index in [1.807, 2.05) is 6.07 Å². The number of hydrogen-bond acceptors (Lipinski definition) is 2. The monoisotopic (exact) mass is 259 g/mol. The summed E-state index contributed by atoms with van der Waals surface area (Å²) in [5.74, 6) is -0.0232. The van der Waals surface area contributed by atoms with Gasteiger partial charge < -0.3 is 10.5 Å². The fourth-order valence-corrected chi connectivity index (χ4v) is 2.09. The quantitative estimate of drug-likeness (QED) is 0.778. The number of ether oxygens (including phenoxy) is 1. The molecule has 2 rings (SSSR count). The minimum Gasteiger partial charge on any atom is -0.490 e. The highest BCUT2D eigenvalue weighted by atomic mass is 79.9. The number of fused-ring (bicyclic) bond motifs is 1. The van der Waals surface area contributed by atoms with Gasteiger partial charge in [-0.05, 0) is 25.0 Å². The molecule has 2 nitrogen and oxygen atoms in total. The first-order valence-corrected chi connectivity index (χ1v) is 5.35. The van der Waals surface area contributed by atoms with Crippen molar-refractivity contribution in [3.05, 3.63) is 28.0 Å². The molecule has 1 aliphatic rings. The van der Waals surface area contributed by atoms with E-state index in [1.54, 1.807) is 0 Å². The number of benzene rings is 1. The third kappa shape index (κ3) is 1.77. The fraction of sp³-hybridized carbons (Fsp3) is 0.400. The molecule has 1 heterocycles. The maximum absolute atomic E-state index is 13.5. The van der Waals surface area contributed by atoms with Gasteiger partial charge in [-0.1, -0.05) is 15.9 Å². The van der Waals surface area contributed by atoms with Gasteiger partial charge in [-0.25, -0.2) is 4.39 Å². The van der Waals surface area contributed by atoms with Crippen molar-refractivity contribution in [1.82, 2.24) is 0 Å². The summed E-state index contributed by atoms with van der Waals surface area (Å²) >= 11 is 3.24. The SMILES string of the molecule is N[C@H]1CCCOc2c(F)cc(Br)cc21. The van der Waals surface area contributed by atoms with E-state index >= 15 is 0 Å². The van der Waals surface area contributed by atoms with Crippen LogP contribution < -0.4 is 10.5 Å². The fourth-order valence-electron chi connectivity index (χ4n) is 1.64. The molecule has 0 fully saturated rings. The minimum atomic E-state index is -0.341. The molecule has 4 heteroatoms. The lowest BCUT2D eigenvalue weighted by atomic mass is 10.0. The van der Waals surface area contributed by atoms with Crippen LogP contribution in [0, 0.1) is 5.82 Å². The van der Waals surface area contributed by atoms with Gasteiger partial charge in [-0.2, -0.15) is 0 Å². The number of rotatable bonds is 0. The Morgan fingerprint density at radius 3 is 3.07 bits per heavy atom. The lowest BCUT2D eigenvalue weighted by molar-refractivity contribution is 0.301. The van der Waals surface area contributed by atoms with Crippen LogP contribution in [0.5, 0.6) is 5.75 Å². The molecule has 1 atom stereocenters. The Balaban J connectivity index is 2.53. The highest BCUT2D eigenvalue weighted by Gasteiger charge is 2.20.